The highest BCUT2D eigenvalue weighted by molar-refractivity contribution is 6.07. The molecule has 6 nitrogen and oxygen atoms in total. The van der Waals surface area contributed by atoms with Crippen molar-refractivity contribution in [3.8, 4) is 5.75 Å². The molecule has 0 bridgehead atoms. The second-order valence-corrected chi connectivity index (χ2v) is 7.06. The van der Waals surface area contributed by atoms with Gasteiger partial charge in [-0.15, -0.1) is 13.2 Å². The molecule has 0 unspecified atom stereocenters. The second kappa shape index (κ2) is 7.74. The standard InChI is InChI=1S/C21H18F3N3O3/c22-21(23,24)30-15-7-5-13(6-8-15)9-26-19(28)14-11-27(12-14)20(29)17-10-25-18-4-2-1-3-16(17)18/h1-8,10,14,25H,9,11-12H2,(H,26,28). The van der Waals surface area contributed by atoms with Crippen LogP contribution in [0.15, 0.2) is 54.7 Å². The molecule has 0 atom stereocenters. The molecule has 2 aromatic carbocycles. The number of likely N-dealkylation sites (tertiary alicyclic amines) is 1. The van der Waals surface area contributed by atoms with E-state index in [1.165, 1.54) is 24.3 Å². The summed E-state index contributed by atoms with van der Waals surface area (Å²) in [5.74, 6) is -0.958. The quantitative estimate of drug-likeness (QED) is 0.668. The van der Waals surface area contributed by atoms with Gasteiger partial charge in [-0.25, -0.2) is 0 Å². The van der Waals surface area contributed by atoms with Crippen LogP contribution in [0.2, 0.25) is 0 Å². The number of benzene rings is 2. The molecule has 2 heterocycles. The van der Waals surface area contributed by atoms with Crippen LogP contribution in [0.25, 0.3) is 10.9 Å². The van der Waals surface area contributed by atoms with E-state index in [1.54, 1.807) is 11.1 Å². The number of carbonyl (C=O) groups is 2. The number of H-pyrrole nitrogens is 1. The average Bonchev–Trinajstić information content (AvgIpc) is 3.09. The maximum absolute atomic E-state index is 12.7. The SMILES string of the molecule is O=C(NCc1ccc(OC(F)(F)F)cc1)C1CN(C(=O)c2c[nH]c3ccccc23)C1. The molecule has 156 valence electrons. The lowest BCUT2D eigenvalue weighted by molar-refractivity contribution is -0.274. The number of nitrogens with one attached hydrogen (secondary N) is 2. The molecule has 2 N–H and O–H groups in total. The van der Waals surface area contributed by atoms with Gasteiger partial charge in [0.15, 0.2) is 0 Å². The van der Waals surface area contributed by atoms with Gasteiger partial charge in [0.1, 0.15) is 5.75 Å². The van der Waals surface area contributed by atoms with E-state index < -0.39 is 6.36 Å². The molecule has 4 rings (SSSR count). The molecule has 3 aromatic rings. The van der Waals surface area contributed by atoms with Gasteiger partial charge in [0.2, 0.25) is 5.91 Å². The van der Waals surface area contributed by atoms with E-state index in [1.807, 2.05) is 24.3 Å². The summed E-state index contributed by atoms with van der Waals surface area (Å²) in [5, 5.41) is 3.59. The Labute approximate surface area is 169 Å². The molecule has 9 heteroatoms. The third kappa shape index (κ3) is 4.24. The Morgan fingerprint density at radius 3 is 2.50 bits per heavy atom. The largest absolute Gasteiger partial charge is 0.573 e. The number of nitrogens with zero attached hydrogens (tertiary/aromatic N) is 1. The lowest BCUT2D eigenvalue weighted by Crippen LogP contribution is -2.55. The minimum absolute atomic E-state index is 0.128. The maximum atomic E-state index is 12.7. The van der Waals surface area contributed by atoms with Gasteiger partial charge in [-0.2, -0.15) is 0 Å². The smallest absolute Gasteiger partial charge is 0.406 e. The number of hydrogen-bond donors (Lipinski definition) is 2. The van der Waals surface area contributed by atoms with E-state index in [0.29, 0.717) is 24.2 Å². The van der Waals surface area contributed by atoms with Crippen molar-refractivity contribution in [3.05, 3.63) is 65.9 Å². The Kier molecular flexibility index (Phi) is 5.11. The lowest BCUT2D eigenvalue weighted by atomic mass is 9.97. The molecule has 0 spiro atoms. The Bertz CT molecular complexity index is 1070. The fourth-order valence-corrected chi connectivity index (χ4v) is 3.37. The topological polar surface area (TPSA) is 74.4 Å². The number of aromatic amines is 1. The van der Waals surface area contributed by atoms with E-state index in [2.05, 4.69) is 15.0 Å². The van der Waals surface area contributed by atoms with Crippen molar-refractivity contribution in [2.24, 2.45) is 5.92 Å². The van der Waals surface area contributed by atoms with Crippen molar-refractivity contribution >= 4 is 22.7 Å². The van der Waals surface area contributed by atoms with Crippen LogP contribution in [-0.4, -0.2) is 41.2 Å². The van der Waals surface area contributed by atoms with Crippen molar-refractivity contribution in [3.63, 3.8) is 0 Å². The minimum atomic E-state index is -4.74. The number of hydrogen-bond acceptors (Lipinski definition) is 3. The van der Waals surface area contributed by atoms with Gasteiger partial charge in [0.05, 0.1) is 11.5 Å². The van der Waals surface area contributed by atoms with Gasteiger partial charge in [-0.3, -0.25) is 9.59 Å². The highest BCUT2D eigenvalue weighted by atomic mass is 19.4. The molecule has 1 aliphatic rings. The Morgan fingerprint density at radius 2 is 1.80 bits per heavy atom. The summed E-state index contributed by atoms with van der Waals surface area (Å²) in [5.41, 5.74) is 2.09. The average molecular weight is 417 g/mol. The molecule has 1 saturated heterocycles. The zero-order valence-corrected chi connectivity index (χ0v) is 15.7. The van der Waals surface area contributed by atoms with Crippen LogP contribution in [0, 0.1) is 5.92 Å². The predicted octanol–water partition coefficient (Wildman–Crippen LogP) is 3.45. The summed E-state index contributed by atoms with van der Waals surface area (Å²) in [6.07, 6.45) is -3.07. The van der Waals surface area contributed by atoms with Gasteiger partial charge in [-0.1, -0.05) is 30.3 Å². The monoisotopic (exact) mass is 417 g/mol. The number of amides is 2. The van der Waals surface area contributed by atoms with Crippen LogP contribution in [0.3, 0.4) is 0 Å². The van der Waals surface area contributed by atoms with Crippen molar-refractivity contribution < 1.29 is 27.5 Å². The van der Waals surface area contributed by atoms with Crippen molar-refractivity contribution in [2.45, 2.75) is 12.9 Å². The zero-order chi connectivity index (χ0) is 21.3. The highest BCUT2D eigenvalue weighted by Gasteiger charge is 2.36. The predicted molar refractivity (Wildman–Crippen MR) is 103 cm³/mol. The summed E-state index contributed by atoms with van der Waals surface area (Å²) in [6.45, 7) is 0.823. The van der Waals surface area contributed by atoms with E-state index in [0.717, 1.165) is 10.9 Å². The van der Waals surface area contributed by atoms with Gasteiger partial charge < -0.3 is 19.9 Å². The van der Waals surface area contributed by atoms with Crippen LogP contribution < -0.4 is 10.1 Å². The molecule has 1 aromatic heterocycles. The number of halogens is 3. The Balaban J connectivity index is 1.27. The van der Waals surface area contributed by atoms with Gasteiger partial charge >= 0.3 is 6.36 Å². The molecule has 30 heavy (non-hydrogen) atoms. The normalized spacial score (nSPS) is 14.4. The minimum Gasteiger partial charge on any atom is -0.406 e. The van der Waals surface area contributed by atoms with E-state index in [4.69, 9.17) is 0 Å². The molecule has 0 aliphatic carbocycles. The number of rotatable bonds is 5. The molecule has 0 saturated carbocycles. The summed E-state index contributed by atoms with van der Waals surface area (Å²) >= 11 is 0. The first kappa shape index (κ1) is 19.8. The number of aromatic nitrogens is 1. The Hall–Kier alpha value is -3.49. The zero-order valence-electron chi connectivity index (χ0n) is 15.7. The highest BCUT2D eigenvalue weighted by Crippen LogP contribution is 2.25. The fourth-order valence-electron chi connectivity index (χ4n) is 3.37. The summed E-state index contributed by atoms with van der Waals surface area (Å²) in [6, 6.07) is 12.8. The molecule has 1 aliphatic heterocycles. The number of alkyl halides is 3. The number of ether oxygens (including phenoxy) is 1. The van der Waals surface area contributed by atoms with Gasteiger partial charge in [0.25, 0.3) is 5.91 Å². The number of carbonyl (C=O) groups excluding carboxylic acids is 2. The van der Waals surface area contributed by atoms with Gasteiger partial charge in [-0.05, 0) is 23.8 Å². The fraction of sp³-hybridized carbons (Fsp3) is 0.238. The number of fused-ring (bicyclic) bond motifs is 1. The lowest BCUT2D eigenvalue weighted by Gasteiger charge is -2.38. The molecule has 2 amide bonds. The van der Waals surface area contributed by atoms with Crippen LogP contribution in [0.5, 0.6) is 5.75 Å². The third-order valence-electron chi connectivity index (χ3n) is 4.98. The summed E-state index contributed by atoms with van der Waals surface area (Å²) in [7, 11) is 0. The maximum Gasteiger partial charge on any atom is 0.573 e. The molecular weight excluding hydrogens is 399 g/mol. The van der Waals surface area contributed by atoms with Crippen LogP contribution in [-0.2, 0) is 11.3 Å². The van der Waals surface area contributed by atoms with Crippen LogP contribution >= 0.6 is 0 Å². The molecule has 0 radical (unpaired) electrons. The number of para-hydroxylation sites is 1. The second-order valence-electron chi connectivity index (χ2n) is 7.06. The van der Waals surface area contributed by atoms with Crippen molar-refractivity contribution in [1.82, 2.24) is 15.2 Å². The first-order valence-corrected chi connectivity index (χ1v) is 9.28. The third-order valence-corrected chi connectivity index (χ3v) is 4.98. The van der Waals surface area contributed by atoms with Crippen LogP contribution in [0.1, 0.15) is 15.9 Å². The molecule has 1 fully saturated rings. The Morgan fingerprint density at radius 1 is 1.10 bits per heavy atom. The van der Waals surface area contributed by atoms with Crippen molar-refractivity contribution in [2.75, 3.05) is 13.1 Å². The van der Waals surface area contributed by atoms with Gasteiger partial charge in [0, 0.05) is 36.7 Å². The summed E-state index contributed by atoms with van der Waals surface area (Å²) in [4.78, 5) is 29.6. The van der Waals surface area contributed by atoms with Crippen molar-refractivity contribution in [1.29, 1.82) is 0 Å². The van der Waals surface area contributed by atoms with Crippen LogP contribution in [0.4, 0.5) is 13.2 Å². The first-order valence-electron chi connectivity index (χ1n) is 9.28. The summed E-state index contributed by atoms with van der Waals surface area (Å²) < 4.78 is 40.3. The first-order chi connectivity index (χ1) is 14.3. The van der Waals surface area contributed by atoms with E-state index >= 15 is 0 Å². The van der Waals surface area contributed by atoms with E-state index in [-0.39, 0.29) is 30.0 Å². The van der Waals surface area contributed by atoms with E-state index in [9.17, 15) is 22.8 Å². The molecular formula is C21H18F3N3O3.